The van der Waals surface area contributed by atoms with Crippen molar-refractivity contribution in [3.8, 4) is 16.9 Å². The maximum Gasteiger partial charge on any atom is 0.322 e. The van der Waals surface area contributed by atoms with E-state index in [4.69, 9.17) is 10.7 Å². The number of pyridine rings is 1. The summed E-state index contributed by atoms with van der Waals surface area (Å²) in [6.45, 7) is 0.279. The standard InChI is InChI=1S/C23H19N5O4/c24-32-18-8-5-16-12-28(20(29)19(16)10-18)13-23(21(30)26-22(31)27-23)17-6-3-14(4-7-17)15-2-1-9-25-11-15/h1-11H,12-13,24H2,(H2,26,27,30,31)/t23-/m0/s1. The monoisotopic (exact) mass is 429 g/mol. The van der Waals surface area contributed by atoms with Gasteiger partial charge >= 0.3 is 6.03 Å². The molecule has 3 aromatic rings. The van der Waals surface area contributed by atoms with E-state index in [0.29, 0.717) is 23.4 Å². The Morgan fingerprint density at radius 2 is 1.88 bits per heavy atom. The van der Waals surface area contributed by atoms with Crippen molar-refractivity contribution < 1.29 is 19.2 Å². The average molecular weight is 429 g/mol. The van der Waals surface area contributed by atoms with Crippen LogP contribution in [-0.2, 0) is 16.9 Å². The number of nitrogens with one attached hydrogen (secondary N) is 2. The van der Waals surface area contributed by atoms with Crippen LogP contribution in [0.15, 0.2) is 67.0 Å². The van der Waals surface area contributed by atoms with Crippen LogP contribution in [0.3, 0.4) is 0 Å². The summed E-state index contributed by atoms with van der Waals surface area (Å²) in [4.78, 5) is 48.5. The van der Waals surface area contributed by atoms with Crippen LogP contribution in [0, 0.1) is 0 Å². The highest BCUT2D eigenvalue weighted by molar-refractivity contribution is 6.08. The van der Waals surface area contributed by atoms with Crippen molar-refractivity contribution >= 4 is 17.8 Å². The maximum atomic E-state index is 13.0. The summed E-state index contributed by atoms with van der Waals surface area (Å²) in [5.74, 6) is 4.81. The van der Waals surface area contributed by atoms with Gasteiger partial charge in [-0.2, -0.15) is 5.90 Å². The lowest BCUT2D eigenvalue weighted by atomic mass is 9.88. The molecule has 9 heteroatoms. The van der Waals surface area contributed by atoms with Crippen molar-refractivity contribution in [2.24, 2.45) is 5.90 Å². The van der Waals surface area contributed by atoms with Gasteiger partial charge in [-0.15, -0.1) is 0 Å². The van der Waals surface area contributed by atoms with Gasteiger partial charge in [0.2, 0.25) is 0 Å². The molecule has 0 unspecified atom stereocenters. The number of benzene rings is 2. The molecule has 2 aliphatic heterocycles. The number of hydrogen-bond acceptors (Lipinski definition) is 6. The third-order valence-electron chi connectivity index (χ3n) is 5.84. The van der Waals surface area contributed by atoms with Gasteiger partial charge in [-0.1, -0.05) is 36.4 Å². The highest BCUT2D eigenvalue weighted by Gasteiger charge is 2.50. The number of imide groups is 1. The Balaban J connectivity index is 1.48. The largest absolute Gasteiger partial charge is 0.412 e. The molecule has 1 fully saturated rings. The number of amides is 4. The molecule has 0 radical (unpaired) electrons. The van der Waals surface area contributed by atoms with Crippen LogP contribution < -0.4 is 21.4 Å². The van der Waals surface area contributed by atoms with Crippen molar-refractivity contribution in [2.45, 2.75) is 12.1 Å². The van der Waals surface area contributed by atoms with E-state index in [1.54, 1.807) is 42.7 Å². The van der Waals surface area contributed by atoms with E-state index in [-0.39, 0.29) is 12.5 Å². The van der Waals surface area contributed by atoms with Gasteiger partial charge < -0.3 is 15.1 Å². The van der Waals surface area contributed by atoms with Crippen molar-refractivity contribution in [2.75, 3.05) is 6.54 Å². The molecule has 1 aromatic heterocycles. The normalized spacial score (nSPS) is 19.5. The van der Waals surface area contributed by atoms with Gasteiger partial charge in [-0.05, 0) is 40.5 Å². The van der Waals surface area contributed by atoms with Crippen LogP contribution in [0.2, 0.25) is 0 Å². The fraction of sp³-hybridized carbons (Fsp3) is 0.130. The summed E-state index contributed by atoms with van der Waals surface area (Å²) in [5.41, 5.74) is 2.26. The molecule has 1 saturated heterocycles. The number of rotatable bonds is 5. The number of nitrogens with two attached hydrogens (primary N) is 1. The molecular weight excluding hydrogens is 410 g/mol. The van der Waals surface area contributed by atoms with Crippen molar-refractivity contribution in [1.29, 1.82) is 0 Å². The minimum atomic E-state index is -1.41. The molecule has 3 heterocycles. The van der Waals surface area contributed by atoms with E-state index in [0.717, 1.165) is 16.7 Å². The fourth-order valence-electron chi connectivity index (χ4n) is 4.21. The molecule has 1 atom stereocenters. The molecule has 4 N–H and O–H groups in total. The quantitative estimate of drug-likeness (QED) is 0.419. The van der Waals surface area contributed by atoms with E-state index in [9.17, 15) is 14.4 Å². The van der Waals surface area contributed by atoms with Crippen LogP contribution in [0.25, 0.3) is 11.1 Å². The van der Waals surface area contributed by atoms with Crippen molar-refractivity contribution in [1.82, 2.24) is 20.5 Å². The number of urea groups is 1. The molecule has 0 bridgehead atoms. The number of fused-ring (bicyclic) bond motifs is 1. The third-order valence-corrected chi connectivity index (χ3v) is 5.84. The van der Waals surface area contributed by atoms with Crippen molar-refractivity contribution in [3.05, 3.63) is 83.7 Å². The Labute approximate surface area is 183 Å². The summed E-state index contributed by atoms with van der Waals surface area (Å²) < 4.78 is 0. The molecule has 2 aromatic carbocycles. The van der Waals surface area contributed by atoms with Crippen LogP contribution in [0.5, 0.6) is 5.75 Å². The minimum absolute atomic E-state index is 0.0247. The van der Waals surface area contributed by atoms with Gasteiger partial charge in [0.15, 0.2) is 5.54 Å². The van der Waals surface area contributed by atoms with E-state index in [1.807, 2.05) is 24.3 Å². The SMILES string of the molecule is NOc1ccc2c(c1)C(=O)N(C[C@@]1(c3ccc(-c4cccnc4)cc3)NC(=O)NC1=O)C2. The van der Waals surface area contributed by atoms with Gasteiger partial charge in [-0.25, -0.2) is 4.79 Å². The lowest BCUT2D eigenvalue weighted by Crippen LogP contribution is -2.52. The first-order valence-electron chi connectivity index (χ1n) is 9.94. The Hall–Kier alpha value is -4.24. The van der Waals surface area contributed by atoms with Gasteiger partial charge in [-0.3, -0.25) is 19.9 Å². The van der Waals surface area contributed by atoms with Crippen LogP contribution in [0.4, 0.5) is 4.79 Å². The van der Waals surface area contributed by atoms with Gasteiger partial charge in [0.05, 0.1) is 6.54 Å². The molecule has 0 aliphatic carbocycles. The number of carbonyl (C=O) groups is 3. The number of carbonyl (C=O) groups excluding carboxylic acids is 3. The molecule has 0 spiro atoms. The average Bonchev–Trinajstić information content (AvgIpc) is 3.29. The van der Waals surface area contributed by atoms with Gasteiger partial charge in [0.25, 0.3) is 11.8 Å². The fourth-order valence-corrected chi connectivity index (χ4v) is 4.21. The second-order valence-corrected chi connectivity index (χ2v) is 7.73. The summed E-state index contributed by atoms with van der Waals surface area (Å²) in [5, 5.41) is 5.05. The Bertz CT molecular complexity index is 1230. The highest BCUT2D eigenvalue weighted by Crippen LogP contribution is 2.33. The number of nitrogens with zero attached hydrogens (tertiary/aromatic N) is 2. The molecule has 32 heavy (non-hydrogen) atoms. The third kappa shape index (κ3) is 3.15. The molecule has 0 saturated carbocycles. The summed E-state index contributed by atoms with van der Waals surface area (Å²) in [6, 6.07) is 15.5. The highest BCUT2D eigenvalue weighted by atomic mass is 16.6. The second-order valence-electron chi connectivity index (χ2n) is 7.73. The van der Waals surface area contributed by atoms with E-state index in [1.165, 1.54) is 4.90 Å². The van der Waals surface area contributed by atoms with Gasteiger partial charge in [0, 0.05) is 24.5 Å². The molecule has 4 amide bonds. The van der Waals surface area contributed by atoms with E-state index in [2.05, 4.69) is 15.6 Å². The summed E-state index contributed by atoms with van der Waals surface area (Å²) in [7, 11) is 0. The first kappa shape index (κ1) is 19.7. The number of hydrogen-bond donors (Lipinski definition) is 3. The first-order chi connectivity index (χ1) is 15.5. The Morgan fingerprint density at radius 3 is 2.53 bits per heavy atom. The number of aromatic nitrogens is 1. The van der Waals surface area contributed by atoms with Crippen molar-refractivity contribution in [3.63, 3.8) is 0 Å². The zero-order chi connectivity index (χ0) is 22.3. The lowest BCUT2D eigenvalue weighted by Gasteiger charge is -2.31. The Morgan fingerprint density at radius 1 is 1.06 bits per heavy atom. The van der Waals surface area contributed by atoms with E-state index >= 15 is 0 Å². The van der Waals surface area contributed by atoms with Gasteiger partial charge in [0.1, 0.15) is 5.75 Å². The summed E-state index contributed by atoms with van der Waals surface area (Å²) in [6.07, 6.45) is 3.44. The lowest BCUT2D eigenvalue weighted by molar-refractivity contribution is -0.124. The van der Waals surface area contributed by atoms with Crippen LogP contribution in [0.1, 0.15) is 21.5 Å². The van der Waals surface area contributed by atoms with Crippen LogP contribution >= 0.6 is 0 Å². The maximum absolute atomic E-state index is 13.0. The predicted molar refractivity (Wildman–Crippen MR) is 114 cm³/mol. The first-order valence-corrected chi connectivity index (χ1v) is 9.94. The van der Waals surface area contributed by atoms with E-state index < -0.39 is 17.5 Å². The molecule has 2 aliphatic rings. The Kier molecular flexibility index (Phi) is 4.60. The van der Waals surface area contributed by atoms with Crippen LogP contribution in [-0.4, -0.2) is 34.3 Å². The predicted octanol–water partition coefficient (Wildman–Crippen LogP) is 1.69. The smallest absolute Gasteiger partial charge is 0.322 e. The molecular formula is C23H19N5O4. The molecule has 9 nitrogen and oxygen atoms in total. The minimum Gasteiger partial charge on any atom is -0.412 e. The molecule has 160 valence electrons. The topological polar surface area (TPSA) is 127 Å². The molecule has 5 rings (SSSR count). The zero-order valence-electron chi connectivity index (χ0n) is 16.9. The zero-order valence-corrected chi connectivity index (χ0v) is 16.9. The second kappa shape index (κ2) is 7.47. The summed E-state index contributed by atoms with van der Waals surface area (Å²) >= 11 is 0.